The smallest absolute Gasteiger partial charge is 0.303 e. The summed E-state index contributed by atoms with van der Waals surface area (Å²) in [5.74, 6) is -0.622. The Bertz CT molecular complexity index is 200. The summed E-state index contributed by atoms with van der Waals surface area (Å²) in [6, 6.07) is 0. The van der Waals surface area contributed by atoms with Gasteiger partial charge in [-0.15, -0.1) is 0 Å². The van der Waals surface area contributed by atoms with Gasteiger partial charge in [-0.2, -0.15) is 0 Å². The third-order valence-electron chi connectivity index (χ3n) is 2.28. The molecule has 0 heterocycles. The quantitative estimate of drug-likeness (QED) is 0.633. The lowest BCUT2D eigenvalue weighted by molar-refractivity contribution is -0.168. The minimum atomic E-state index is -0.311. The number of carbonyl (C=O) groups is 2. The largest absolute Gasteiger partial charge is 0.459 e. The van der Waals surface area contributed by atoms with Crippen molar-refractivity contribution < 1.29 is 19.1 Å². The Morgan fingerprint density at radius 2 is 1.29 bits per heavy atom. The minimum Gasteiger partial charge on any atom is -0.459 e. The van der Waals surface area contributed by atoms with Crippen LogP contribution in [0.5, 0.6) is 0 Å². The van der Waals surface area contributed by atoms with E-state index in [1.165, 1.54) is 13.8 Å². The van der Waals surface area contributed by atoms with Crippen molar-refractivity contribution in [2.75, 3.05) is 0 Å². The van der Waals surface area contributed by atoms with Gasteiger partial charge in [0.05, 0.1) is 0 Å². The first-order chi connectivity index (χ1) is 6.59. The van der Waals surface area contributed by atoms with E-state index in [-0.39, 0.29) is 24.1 Å². The molecule has 14 heavy (non-hydrogen) atoms. The van der Waals surface area contributed by atoms with Crippen LogP contribution in [-0.4, -0.2) is 24.1 Å². The fourth-order valence-electron chi connectivity index (χ4n) is 1.76. The van der Waals surface area contributed by atoms with Crippen molar-refractivity contribution >= 4 is 11.9 Å². The molecule has 1 aliphatic carbocycles. The van der Waals surface area contributed by atoms with Crippen LogP contribution >= 0.6 is 0 Å². The molecule has 0 N–H and O–H groups in total. The van der Waals surface area contributed by atoms with Crippen molar-refractivity contribution in [2.45, 2.75) is 51.7 Å². The third kappa shape index (κ3) is 3.36. The summed E-state index contributed by atoms with van der Waals surface area (Å²) in [7, 11) is 0. The third-order valence-corrected chi connectivity index (χ3v) is 2.28. The van der Waals surface area contributed by atoms with Crippen molar-refractivity contribution in [1.82, 2.24) is 0 Å². The summed E-state index contributed by atoms with van der Waals surface area (Å²) in [6.45, 7) is 2.75. The van der Waals surface area contributed by atoms with Gasteiger partial charge in [-0.3, -0.25) is 9.59 Å². The molecule has 1 aliphatic rings. The highest BCUT2D eigenvalue weighted by atomic mass is 16.6. The molecular weight excluding hydrogens is 184 g/mol. The maximum absolute atomic E-state index is 10.8. The van der Waals surface area contributed by atoms with E-state index in [4.69, 9.17) is 9.47 Å². The van der Waals surface area contributed by atoms with Gasteiger partial charge in [-0.05, 0) is 25.7 Å². The van der Waals surface area contributed by atoms with E-state index in [1.54, 1.807) is 0 Å². The lowest BCUT2D eigenvalue weighted by Crippen LogP contribution is -2.36. The van der Waals surface area contributed by atoms with Crippen LogP contribution in [0.15, 0.2) is 0 Å². The van der Waals surface area contributed by atoms with E-state index in [0.29, 0.717) is 0 Å². The lowest BCUT2D eigenvalue weighted by Gasteiger charge is -2.29. The molecule has 0 radical (unpaired) electrons. The molecule has 2 atom stereocenters. The summed E-state index contributed by atoms with van der Waals surface area (Å²) in [4.78, 5) is 21.6. The Labute approximate surface area is 83.6 Å². The van der Waals surface area contributed by atoms with Crippen molar-refractivity contribution in [3.8, 4) is 0 Å². The molecule has 4 heteroatoms. The molecule has 0 saturated heterocycles. The summed E-state index contributed by atoms with van der Waals surface area (Å²) in [6.07, 6.45) is 3.14. The summed E-state index contributed by atoms with van der Waals surface area (Å²) >= 11 is 0. The second kappa shape index (κ2) is 4.98. The maximum Gasteiger partial charge on any atom is 0.303 e. The SMILES string of the molecule is CC(=O)OC1CCCCC1OC(C)=O. The molecule has 0 amide bonds. The number of ether oxygens (including phenoxy) is 2. The highest BCUT2D eigenvalue weighted by Crippen LogP contribution is 2.24. The van der Waals surface area contributed by atoms with Crippen LogP contribution in [0.2, 0.25) is 0 Å². The Morgan fingerprint density at radius 1 is 0.929 bits per heavy atom. The molecule has 0 aromatic heterocycles. The molecule has 80 valence electrons. The zero-order valence-electron chi connectivity index (χ0n) is 8.62. The van der Waals surface area contributed by atoms with Crippen molar-refractivity contribution in [3.63, 3.8) is 0 Å². The second-order valence-electron chi connectivity index (χ2n) is 3.58. The van der Waals surface area contributed by atoms with E-state index in [2.05, 4.69) is 0 Å². The zero-order valence-corrected chi connectivity index (χ0v) is 8.62. The van der Waals surface area contributed by atoms with Crippen LogP contribution in [0.1, 0.15) is 39.5 Å². The van der Waals surface area contributed by atoms with Gasteiger partial charge in [0.15, 0.2) is 0 Å². The number of esters is 2. The van der Waals surface area contributed by atoms with E-state index >= 15 is 0 Å². The van der Waals surface area contributed by atoms with Crippen LogP contribution in [-0.2, 0) is 19.1 Å². The van der Waals surface area contributed by atoms with Crippen LogP contribution in [0.4, 0.5) is 0 Å². The number of hydrogen-bond donors (Lipinski definition) is 0. The predicted molar refractivity (Wildman–Crippen MR) is 49.6 cm³/mol. The van der Waals surface area contributed by atoms with E-state index in [9.17, 15) is 9.59 Å². The fraction of sp³-hybridized carbons (Fsp3) is 0.800. The first-order valence-electron chi connectivity index (χ1n) is 4.94. The summed E-state index contributed by atoms with van der Waals surface area (Å²) in [5, 5.41) is 0. The van der Waals surface area contributed by atoms with Gasteiger partial charge in [0.1, 0.15) is 12.2 Å². The fourth-order valence-corrected chi connectivity index (χ4v) is 1.76. The van der Waals surface area contributed by atoms with Gasteiger partial charge in [-0.1, -0.05) is 0 Å². The van der Waals surface area contributed by atoms with Crippen LogP contribution < -0.4 is 0 Å². The molecule has 1 fully saturated rings. The second-order valence-corrected chi connectivity index (χ2v) is 3.58. The van der Waals surface area contributed by atoms with Crippen molar-refractivity contribution in [2.24, 2.45) is 0 Å². The Morgan fingerprint density at radius 3 is 1.57 bits per heavy atom. The molecule has 1 rings (SSSR count). The standard InChI is InChI=1S/C10H16O4/c1-7(11)13-9-5-3-4-6-10(9)14-8(2)12/h9-10H,3-6H2,1-2H3. The van der Waals surface area contributed by atoms with Gasteiger partial charge in [0.25, 0.3) is 0 Å². The van der Waals surface area contributed by atoms with Crippen LogP contribution in [0.3, 0.4) is 0 Å². The molecule has 0 bridgehead atoms. The average molecular weight is 200 g/mol. The van der Waals surface area contributed by atoms with E-state index in [1.807, 2.05) is 0 Å². The molecule has 0 aliphatic heterocycles. The first-order valence-corrected chi connectivity index (χ1v) is 4.94. The number of rotatable bonds is 2. The molecule has 2 unspecified atom stereocenters. The average Bonchev–Trinajstić information content (AvgIpc) is 2.06. The lowest BCUT2D eigenvalue weighted by atomic mass is 9.94. The summed E-state index contributed by atoms with van der Waals surface area (Å²) in [5.41, 5.74) is 0. The van der Waals surface area contributed by atoms with Gasteiger partial charge in [0.2, 0.25) is 0 Å². The number of carbonyl (C=O) groups excluding carboxylic acids is 2. The van der Waals surface area contributed by atoms with Gasteiger partial charge >= 0.3 is 11.9 Å². The van der Waals surface area contributed by atoms with Gasteiger partial charge in [-0.25, -0.2) is 0 Å². The minimum absolute atomic E-state index is 0.245. The monoisotopic (exact) mass is 200 g/mol. The topological polar surface area (TPSA) is 52.6 Å². The number of hydrogen-bond acceptors (Lipinski definition) is 4. The molecule has 0 aromatic carbocycles. The molecule has 1 saturated carbocycles. The van der Waals surface area contributed by atoms with E-state index in [0.717, 1.165) is 25.7 Å². The zero-order chi connectivity index (χ0) is 10.6. The highest BCUT2D eigenvalue weighted by molar-refractivity contribution is 5.67. The van der Waals surface area contributed by atoms with Gasteiger partial charge in [0, 0.05) is 13.8 Å². The first kappa shape index (κ1) is 11.0. The van der Waals surface area contributed by atoms with Crippen LogP contribution in [0, 0.1) is 0 Å². The normalized spacial score (nSPS) is 26.7. The van der Waals surface area contributed by atoms with Crippen molar-refractivity contribution in [1.29, 1.82) is 0 Å². The van der Waals surface area contributed by atoms with Crippen LogP contribution in [0.25, 0.3) is 0 Å². The highest BCUT2D eigenvalue weighted by Gasteiger charge is 2.29. The molecule has 4 nitrogen and oxygen atoms in total. The van der Waals surface area contributed by atoms with Crippen molar-refractivity contribution in [3.05, 3.63) is 0 Å². The molecule has 0 spiro atoms. The summed E-state index contributed by atoms with van der Waals surface area (Å²) < 4.78 is 10.2. The Kier molecular flexibility index (Phi) is 3.92. The Balaban J connectivity index is 2.49. The molecular formula is C10H16O4. The maximum atomic E-state index is 10.8. The predicted octanol–water partition coefficient (Wildman–Crippen LogP) is 1.42. The Hall–Kier alpha value is -1.06. The van der Waals surface area contributed by atoms with Gasteiger partial charge < -0.3 is 9.47 Å². The molecule has 0 aromatic rings. The van der Waals surface area contributed by atoms with E-state index < -0.39 is 0 Å².